The van der Waals surface area contributed by atoms with E-state index in [-0.39, 0.29) is 16.9 Å². The minimum absolute atomic E-state index is 0.0471. The van der Waals surface area contributed by atoms with Crippen molar-refractivity contribution >= 4 is 23.1 Å². The minimum atomic E-state index is -0.442. The second-order valence-electron chi connectivity index (χ2n) is 5.16. The zero-order chi connectivity index (χ0) is 13.9. The number of hydrogen-bond donors (Lipinski definition) is 2. The molecule has 1 fully saturated rings. The van der Waals surface area contributed by atoms with Gasteiger partial charge in [-0.25, -0.2) is 0 Å². The van der Waals surface area contributed by atoms with Gasteiger partial charge in [0.2, 0.25) is 5.91 Å². The molecule has 104 valence electrons. The lowest BCUT2D eigenvalue weighted by Crippen LogP contribution is -2.46. The van der Waals surface area contributed by atoms with Crippen LogP contribution in [0, 0.1) is 5.92 Å². The Morgan fingerprint density at radius 1 is 1.61 bits per heavy atom. The lowest BCUT2D eigenvalue weighted by molar-refractivity contribution is -0.134. The predicted octanol–water partition coefficient (Wildman–Crippen LogP) is -0.178. The van der Waals surface area contributed by atoms with E-state index in [1.165, 1.54) is 0 Å². The average molecular weight is 273 g/mol. The van der Waals surface area contributed by atoms with E-state index in [9.17, 15) is 9.90 Å². The van der Waals surface area contributed by atoms with Crippen molar-refractivity contribution in [3.63, 3.8) is 0 Å². The summed E-state index contributed by atoms with van der Waals surface area (Å²) in [4.78, 5) is 16.4. The van der Waals surface area contributed by atoms with Gasteiger partial charge in [-0.05, 0) is 26.9 Å². The molecule has 1 saturated heterocycles. The van der Waals surface area contributed by atoms with Gasteiger partial charge in [-0.15, -0.1) is 0 Å². The van der Waals surface area contributed by atoms with Crippen LogP contribution in [0.15, 0.2) is 0 Å². The fourth-order valence-corrected chi connectivity index (χ4v) is 2.72. The second kappa shape index (κ2) is 6.45. The molecule has 0 aromatic rings. The van der Waals surface area contributed by atoms with E-state index < -0.39 is 12.0 Å². The lowest BCUT2D eigenvalue weighted by Gasteiger charge is -2.29. The van der Waals surface area contributed by atoms with Crippen LogP contribution in [0.4, 0.5) is 0 Å². The number of nitrogens with two attached hydrogens (primary N) is 1. The molecular weight excluding hydrogens is 250 g/mol. The summed E-state index contributed by atoms with van der Waals surface area (Å²) in [6.45, 7) is 3.03. The molecule has 0 aliphatic carbocycles. The Bertz CT molecular complexity index is 322. The smallest absolute Gasteiger partial charge is 0.232 e. The SMILES string of the molecule is CCC(C(=O)N1CC(O)CC1CN(C)C)C(N)=S. The normalized spacial score (nSPS) is 25.5. The second-order valence-corrected chi connectivity index (χ2v) is 5.63. The standard InChI is InChI=1S/C12H23N3O2S/c1-4-10(11(13)18)12(17)15-7-9(16)5-8(15)6-14(2)3/h8-10,16H,4-7H2,1-3H3,(H2,13,18). The van der Waals surface area contributed by atoms with E-state index >= 15 is 0 Å². The number of aliphatic hydroxyl groups excluding tert-OH is 1. The highest BCUT2D eigenvalue weighted by atomic mass is 32.1. The number of likely N-dealkylation sites (tertiary alicyclic amines) is 1. The van der Waals surface area contributed by atoms with Crippen LogP contribution in [0.1, 0.15) is 19.8 Å². The van der Waals surface area contributed by atoms with Crippen molar-refractivity contribution in [1.82, 2.24) is 9.80 Å². The summed E-state index contributed by atoms with van der Waals surface area (Å²) < 4.78 is 0. The van der Waals surface area contributed by atoms with Crippen molar-refractivity contribution in [2.45, 2.75) is 31.9 Å². The molecule has 1 aliphatic heterocycles. The van der Waals surface area contributed by atoms with Crippen LogP contribution in [0.3, 0.4) is 0 Å². The minimum Gasteiger partial charge on any atom is -0.393 e. The molecule has 1 amide bonds. The van der Waals surface area contributed by atoms with Crippen LogP contribution >= 0.6 is 12.2 Å². The van der Waals surface area contributed by atoms with Crippen molar-refractivity contribution in [3.05, 3.63) is 0 Å². The fraction of sp³-hybridized carbons (Fsp3) is 0.833. The average Bonchev–Trinajstić information content (AvgIpc) is 2.58. The molecule has 3 N–H and O–H groups in total. The molecule has 6 heteroatoms. The number of carbonyl (C=O) groups is 1. The van der Waals surface area contributed by atoms with Gasteiger partial charge in [0, 0.05) is 19.1 Å². The summed E-state index contributed by atoms with van der Waals surface area (Å²) in [5.41, 5.74) is 5.61. The molecule has 3 atom stereocenters. The van der Waals surface area contributed by atoms with Crippen LogP contribution in [0.5, 0.6) is 0 Å². The van der Waals surface area contributed by atoms with Gasteiger partial charge in [0.1, 0.15) is 0 Å². The number of likely N-dealkylation sites (N-methyl/N-ethyl adjacent to an activating group) is 1. The first-order chi connectivity index (χ1) is 8.36. The van der Waals surface area contributed by atoms with Gasteiger partial charge in [0.15, 0.2) is 0 Å². The first-order valence-corrected chi connectivity index (χ1v) is 6.70. The van der Waals surface area contributed by atoms with Crippen molar-refractivity contribution in [2.75, 3.05) is 27.2 Å². The van der Waals surface area contributed by atoms with Crippen LogP contribution in [-0.4, -0.2) is 65.1 Å². The summed E-state index contributed by atoms with van der Waals surface area (Å²) in [5.74, 6) is -0.455. The molecule has 0 radical (unpaired) electrons. The number of hydrogen-bond acceptors (Lipinski definition) is 4. The van der Waals surface area contributed by atoms with Gasteiger partial charge >= 0.3 is 0 Å². The number of amides is 1. The molecule has 1 aliphatic rings. The van der Waals surface area contributed by atoms with Crippen molar-refractivity contribution in [2.24, 2.45) is 11.7 Å². The van der Waals surface area contributed by atoms with Gasteiger partial charge in [-0.2, -0.15) is 0 Å². The maximum Gasteiger partial charge on any atom is 0.232 e. The van der Waals surface area contributed by atoms with Crippen LogP contribution in [0.2, 0.25) is 0 Å². The molecule has 0 aromatic carbocycles. The van der Waals surface area contributed by atoms with E-state index in [1.807, 2.05) is 25.9 Å². The number of nitrogens with zero attached hydrogens (tertiary/aromatic N) is 2. The summed E-state index contributed by atoms with van der Waals surface area (Å²) in [6, 6.07) is 0.0471. The Hall–Kier alpha value is -0.720. The van der Waals surface area contributed by atoms with E-state index in [2.05, 4.69) is 0 Å². The highest BCUT2D eigenvalue weighted by Gasteiger charge is 2.37. The molecule has 5 nitrogen and oxygen atoms in total. The molecule has 18 heavy (non-hydrogen) atoms. The van der Waals surface area contributed by atoms with Crippen LogP contribution in [-0.2, 0) is 4.79 Å². The van der Waals surface area contributed by atoms with E-state index in [1.54, 1.807) is 4.90 Å². The zero-order valence-corrected chi connectivity index (χ0v) is 12.1. The quantitative estimate of drug-likeness (QED) is 0.680. The number of aliphatic hydroxyl groups is 1. The zero-order valence-electron chi connectivity index (χ0n) is 11.3. The van der Waals surface area contributed by atoms with Crippen LogP contribution < -0.4 is 5.73 Å². The Kier molecular flexibility index (Phi) is 5.49. The van der Waals surface area contributed by atoms with Crippen LogP contribution in [0.25, 0.3) is 0 Å². The molecule has 1 rings (SSSR count). The van der Waals surface area contributed by atoms with Crippen molar-refractivity contribution in [3.8, 4) is 0 Å². The molecule has 1 heterocycles. The van der Waals surface area contributed by atoms with E-state index in [0.29, 0.717) is 19.4 Å². The third kappa shape index (κ3) is 3.63. The van der Waals surface area contributed by atoms with Gasteiger partial charge in [-0.1, -0.05) is 19.1 Å². The van der Waals surface area contributed by atoms with Crippen molar-refractivity contribution < 1.29 is 9.90 Å². The molecule has 3 unspecified atom stereocenters. The lowest BCUT2D eigenvalue weighted by atomic mass is 10.0. The summed E-state index contributed by atoms with van der Waals surface area (Å²) >= 11 is 4.94. The topological polar surface area (TPSA) is 69.8 Å². The Morgan fingerprint density at radius 2 is 2.22 bits per heavy atom. The Labute approximate surface area is 114 Å². The molecule has 0 spiro atoms. The number of carbonyl (C=O) groups excluding carboxylic acids is 1. The summed E-state index contributed by atoms with van der Waals surface area (Å²) in [5, 5.41) is 9.75. The monoisotopic (exact) mass is 273 g/mol. The molecular formula is C12H23N3O2S. The maximum atomic E-state index is 12.4. The summed E-state index contributed by atoms with van der Waals surface area (Å²) in [7, 11) is 3.91. The maximum absolute atomic E-state index is 12.4. The number of rotatable bonds is 5. The Balaban J connectivity index is 2.78. The van der Waals surface area contributed by atoms with Gasteiger partial charge in [0.25, 0.3) is 0 Å². The third-order valence-electron chi connectivity index (χ3n) is 3.30. The van der Waals surface area contributed by atoms with E-state index in [0.717, 1.165) is 6.54 Å². The highest BCUT2D eigenvalue weighted by molar-refractivity contribution is 7.80. The fourth-order valence-electron chi connectivity index (χ4n) is 2.45. The van der Waals surface area contributed by atoms with E-state index in [4.69, 9.17) is 18.0 Å². The van der Waals surface area contributed by atoms with Crippen molar-refractivity contribution in [1.29, 1.82) is 0 Å². The molecule has 0 aromatic heterocycles. The summed E-state index contributed by atoms with van der Waals surface area (Å²) in [6.07, 6.45) is 0.787. The van der Waals surface area contributed by atoms with Gasteiger partial charge in [-0.3, -0.25) is 4.79 Å². The largest absolute Gasteiger partial charge is 0.393 e. The molecule has 0 bridgehead atoms. The Morgan fingerprint density at radius 3 is 2.67 bits per heavy atom. The number of β-amino-alcohol motifs (C(OH)–C–C–N with tert-alkyl or cyclic N) is 1. The highest BCUT2D eigenvalue weighted by Crippen LogP contribution is 2.22. The first-order valence-electron chi connectivity index (χ1n) is 6.29. The van der Waals surface area contributed by atoms with Gasteiger partial charge < -0.3 is 20.6 Å². The van der Waals surface area contributed by atoms with Gasteiger partial charge in [0.05, 0.1) is 17.0 Å². The predicted molar refractivity (Wildman–Crippen MR) is 75.2 cm³/mol. The third-order valence-corrected chi connectivity index (χ3v) is 3.59. The first kappa shape index (κ1) is 15.3. The number of thiocarbonyl (C=S) groups is 1. The molecule has 0 saturated carbocycles.